The van der Waals surface area contributed by atoms with Gasteiger partial charge in [-0.3, -0.25) is 4.98 Å². The normalized spacial score (nSPS) is 20.9. The van der Waals surface area contributed by atoms with E-state index in [9.17, 15) is 5.11 Å². The molecule has 1 aliphatic rings. The lowest BCUT2D eigenvalue weighted by Crippen LogP contribution is -2.32. The van der Waals surface area contributed by atoms with Crippen LogP contribution in [0.1, 0.15) is 38.5 Å². The molecule has 0 aliphatic carbocycles. The van der Waals surface area contributed by atoms with E-state index in [-0.39, 0.29) is 0 Å². The van der Waals surface area contributed by atoms with Crippen LogP contribution in [0.4, 0.5) is 5.69 Å². The van der Waals surface area contributed by atoms with Crippen LogP contribution in [0.15, 0.2) is 18.3 Å². The number of likely N-dealkylation sites (N-methyl/N-ethyl adjacent to an activating group) is 1. The van der Waals surface area contributed by atoms with E-state index in [1.165, 1.54) is 6.42 Å². The van der Waals surface area contributed by atoms with Crippen LogP contribution in [0.25, 0.3) is 0 Å². The van der Waals surface area contributed by atoms with E-state index in [1.54, 1.807) is 6.92 Å². The molecule has 1 aromatic rings. The molecule has 2 atom stereocenters. The van der Waals surface area contributed by atoms with Gasteiger partial charge in [-0.05, 0) is 38.8 Å². The topological polar surface area (TPSA) is 45.6 Å². The zero-order valence-corrected chi connectivity index (χ0v) is 11.2. The van der Waals surface area contributed by atoms with Gasteiger partial charge in [0, 0.05) is 19.7 Å². The molecule has 1 unspecified atom stereocenters. The number of ether oxygens (including phenoxy) is 1. The predicted molar refractivity (Wildman–Crippen MR) is 71.7 cm³/mol. The molecular formula is C14H22N2O2. The van der Waals surface area contributed by atoms with E-state index in [0.717, 1.165) is 31.8 Å². The van der Waals surface area contributed by atoms with Gasteiger partial charge in [0.05, 0.1) is 29.8 Å². The second-order valence-corrected chi connectivity index (χ2v) is 4.79. The minimum atomic E-state index is -0.507. The van der Waals surface area contributed by atoms with Gasteiger partial charge in [0.25, 0.3) is 0 Å². The minimum Gasteiger partial charge on any atom is -0.387 e. The molecule has 0 aromatic carbocycles. The van der Waals surface area contributed by atoms with Crippen LogP contribution < -0.4 is 4.90 Å². The first kappa shape index (κ1) is 13.3. The number of anilines is 1. The van der Waals surface area contributed by atoms with Crippen molar-refractivity contribution >= 4 is 5.69 Å². The molecule has 1 saturated heterocycles. The van der Waals surface area contributed by atoms with Gasteiger partial charge in [0.15, 0.2) is 0 Å². The Balaban J connectivity index is 2.02. The van der Waals surface area contributed by atoms with Crippen molar-refractivity contribution in [3.8, 4) is 0 Å². The number of nitrogens with zero attached hydrogens (tertiary/aromatic N) is 2. The van der Waals surface area contributed by atoms with E-state index in [0.29, 0.717) is 11.8 Å². The summed E-state index contributed by atoms with van der Waals surface area (Å²) in [6.45, 7) is 6.62. The molecule has 0 amide bonds. The summed E-state index contributed by atoms with van der Waals surface area (Å²) in [6.07, 6.45) is 3.99. The van der Waals surface area contributed by atoms with E-state index < -0.39 is 6.10 Å². The Hall–Kier alpha value is -1.13. The molecular weight excluding hydrogens is 228 g/mol. The number of aliphatic hydroxyl groups is 1. The van der Waals surface area contributed by atoms with Gasteiger partial charge in [-0.15, -0.1) is 0 Å². The van der Waals surface area contributed by atoms with Gasteiger partial charge in [-0.2, -0.15) is 0 Å². The highest BCUT2D eigenvalue weighted by Crippen LogP contribution is 2.19. The van der Waals surface area contributed by atoms with Gasteiger partial charge in [-0.1, -0.05) is 0 Å². The summed E-state index contributed by atoms with van der Waals surface area (Å²) < 4.78 is 5.67. The number of hydrogen-bond donors (Lipinski definition) is 1. The summed E-state index contributed by atoms with van der Waals surface area (Å²) in [6, 6.07) is 3.91. The number of aromatic nitrogens is 1. The summed E-state index contributed by atoms with van der Waals surface area (Å²) in [4.78, 5) is 6.56. The van der Waals surface area contributed by atoms with Gasteiger partial charge >= 0.3 is 0 Å². The van der Waals surface area contributed by atoms with Crippen LogP contribution in [0, 0.1) is 0 Å². The zero-order valence-electron chi connectivity index (χ0n) is 11.2. The lowest BCUT2D eigenvalue weighted by atomic mass is 10.2. The van der Waals surface area contributed by atoms with Crippen LogP contribution in [0.5, 0.6) is 0 Å². The Kier molecular flexibility index (Phi) is 4.55. The Bertz CT molecular complexity index is 359. The first-order chi connectivity index (χ1) is 8.70. The highest BCUT2D eigenvalue weighted by molar-refractivity contribution is 5.44. The molecule has 1 N–H and O–H groups in total. The maximum Gasteiger partial charge on any atom is 0.0931 e. The largest absolute Gasteiger partial charge is 0.387 e. The first-order valence-electron chi connectivity index (χ1n) is 6.71. The average molecular weight is 250 g/mol. The Labute approximate surface area is 109 Å². The summed E-state index contributed by atoms with van der Waals surface area (Å²) >= 11 is 0. The maximum atomic E-state index is 9.44. The number of hydrogen-bond acceptors (Lipinski definition) is 4. The molecule has 4 heteroatoms. The molecule has 1 aromatic heterocycles. The lowest BCUT2D eigenvalue weighted by molar-refractivity contribution is 0.115. The molecule has 4 nitrogen and oxygen atoms in total. The van der Waals surface area contributed by atoms with Gasteiger partial charge in [0.1, 0.15) is 0 Å². The van der Waals surface area contributed by atoms with Crippen molar-refractivity contribution in [3.05, 3.63) is 24.0 Å². The number of aliphatic hydroxyl groups excluding tert-OH is 1. The van der Waals surface area contributed by atoms with Crippen molar-refractivity contribution in [1.82, 2.24) is 4.98 Å². The highest BCUT2D eigenvalue weighted by atomic mass is 16.5. The maximum absolute atomic E-state index is 9.44. The third-order valence-corrected chi connectivity index (χ3v) is 3.39. The quantitative estimate of drug-likeness (QED) is 0.869. The van der Waals surface area contributed by atoms with Crippen LogP contribution in [-0.4, -0.2) is 35.9 Å². The SMILES string of the molecule is CCN(CC1CCCO1)c1ccc([C@H](C)O)nc1. The number of pyridine rings is 1. The van der Waals surface area contributed by atoms with E-state index >= 15 is 0 Å². The molecule has 1 aliphatic heterocycles. The summed E-state index contributed by atoms with van der Waals surface area (Å²) in [5.74, 6) is 0. The van der Waals surface area contributed by atoms with Gasteiger partial charge in [0.2, 0.25) is 0 Å². The molecule has 2 rings (SSSR count). The van der Waals surface area contributed by atoms with E-state index in [2.05, 4.69) is 16.8 Å². The molecule has 0 bridgehead atoms. The monoisotopic (exact) mass is 250 g/mol. The molecule has 0 radical (unpaired) electrons. The van der Waals surface area contributed by atoms with Crippen molar-refractivity contribution in [2.24, 2.45) is 0 Å². The van der Waals surface area contributed by atoms with Crippen LogP contribution in [0.3, 0.4) is 0 Å². The molecule has 0 spiro atoms. The smallest absolute Gasteiger partial charge is 0.0931 e. The van der Waals surface area contributed by atoms with Crippen molar-refractivity contribution in [3.63, 3.8) is 0 Å². The average Bonchev–Trinajstić information content (AvgIpc) is 2.89. The minimum absolute atomic E-state index is 0.349. The fourth-order valence-electron chi connectivity index (χ4n) is 2.28. The summed E-state index contributed by atoms with van der Waals surface area (Å²) in [5.41, 5.74) is 1.81. The Morgan fingerprint density at radius 3 is 2.89 bits per heavy atom. The Morgan fingerprint density at radius 1 is 1.56 bits per heavy atom. The molecule has 18 heavy (non-hydrogen) atoms. The van der Waals surface area contributed by atoms with E-state index in [4.69, 9.17) is 4.74 Å². The first-order valence-corrected chi connectivity index (χ1v) is 6.71. The van der Waals surface area contributed by atoms with Crippen LogP contribution >= 0.6 is 0 Å². The van der Waals surface area contributed by atoms with Gasteiger partial charge < -0.3 is 14.7 Å². The summed E-state index contributed by atoms with van der Waals surface area (Å²) in [5, 5.41) is 9.44. The second kappa shape index (κ2) is 6.16. The third-order valence-electron chi connectivity index (χ3n) is 3.39. The van der Waals surface area contributed by atoms with Gasteiger partial charge in [-0.25, -0.2) is 0 Å². The zero-order chi connectivity index (χ0) is 13.0. The van der Waals surface area contributed by atoms with Crippen LogP contribution in [-0.2, 0) is 4.74 Å². The Morgan fingerprint density at radius 2 is 2.39 bits per heavy atom. The fourth-order valence-corrected chi connectivity index (χ4v) is 2.28. The standard InChI is InChI=1S/C14H22N2O2/c1-3-16(10-13-5-4-8-18-13)12-6-7-14(11(2)17)15-9-12/h6-7,9,11,13,17H,3-5,8,10H2,1-2H3/t11-,13?/m0/s1. The summed E-state index contributed by atoms with van der Waals surface area (Å²) in [7, 11) is 0. The molecule has 0 saturated carbocycles. The van der Waals surface area contributed by atoms with Crippen molar-refractivity contribution in [1.29, 1.82) is 0 Å². The highest BCUT2D eigenvalue weighted by Gasteiger charge is 2.19. The van der Waals surface area contributed by atoms with E-state index in [1.807, 2.05) is 18.3 Å². The molecule has 100 valence electrons. The van der Waals surface area contributed by atoms with Crippen molar-refractivity contribution in [2.75, 3.05) is 24.6 Å². The predicted octanol–water partition coefficient (Wildman–Crippen LogP) is 2.14. The fraction of sp³-hybridized carbons (Fsp3) is 0.643. The van der Waals surface area contributed by atoms with Crippen molar-refractivity contribution < 1.29 is 9.84 Å². The molecule has 1 fully saturated rings. The molecule has 2 heterocycles. The second-order valence-electron chi connectivity index (χ2n) is 4.79. The van der Waals surface area contributed by atoms with Crippen molar-refractivity contribution in [2.45, 2.75) is 38.9 Å². The third kappa shape index (κ3) is 3.21. The number of rotatable bonds is 5. The van der Waals surface area contributed by atoms with Crippen LogP contribution in [0.2, 0.25) is 0 Å². The lowest BCUT2D eigenvalue weighted by Gasteiger charge is -2.25.